The minimum atomic E-state index is -1.10. The Morgan fingerprint density at radius 1 is 1.21 bits per heavy atom. The zero-order valence-electron chi connectivity index (χ0n) is 14.9. The average molecular weight is 415 g/mol. The second kappa shape index (κ2) is 9.42. The number of para-hydroxylation sites is 1. The molecule has 10 nitrogen and oxygen atoms in total. The highest BCUT2D eigenvalue weighted by Gasteiger charge is 2.11. The minimum Gasteiger partial charge on any atom is -0.481 e. The molecule has 2 aromatic carbocycles. The largest absolute Gasteiger partial charge is 0.481 e. The zero-order valence-corrected chi connectivity index (χ0v) is 15.7. The van der Waals surface area contributed by atoms with Crippen LogP contribution >= 0.6 is 11.6 Å². The van der Waals surface area contributed by atoms with Crippen LogP contribution in [0.4, 0.5) is 0 Å². The number of tetrazole rings is 1. The van der Waals surface area contributed by atoms with Crippen LogP contribution in [0.5, 0.6) is 5.75 Å². The van der Waals surface area contributed by atoms with Gasteiger partial charge in [-0.3, -0.25) is 4.79 Å². The fraction of sp³-hybridized carbons (Fsp3) is 0.111. The number of aliphatic carboxylic acids is 1. The van der Waals surface area contributed by atoms with E-state index in [0.29, 0.717) is 27.7 Å². The van der Waals surface area contributed by atoms with Crippen LogP contribution in [0.3, 0.4) is 0 Å². The Labute approximate surface area is 169 Å². The highest BCUT2D eigenvalue weighted by Crippen LogP contribution is 2.23. The van der Waals surface area contributed by atoms with Crippen molar-refractivity contribution in [2.45, 2.75) is 6.54 Å². The molecular formula is C18H15ClN6O4. The smallest absolute Gasteiger partial charge is 0.341 e. The summed E-state index contributed by atoms with van der Waals surface area (Å²) in [6.45, 7) is -0.686. The highest BCUT2D eigenvalue weighted by molar-refractivity contribution is 6.33. The Morgan fingerprint density at radius 3 is 2.76 bits per heavy atom. The molecule has 148 valence electrons. The number of carboxylic acid groups (broad SMARTS) is 1. The molecule has 1 aromatic heterocycles. The SMILES string of the molecule is O=C(O)COc1ccccc1/C=N\NC(=O)Cn1nnc(-c2ccccc2Cl)n1. The summed E-state index contributed by atoms with van der Waals surface area (Å²) in [6.07, 6.45) is 1.35. The van der Waals surface area contributed by atoms with E-state index in [1.54, 1.807) is 48.5 Å². The topological polar surface area (TPSA) is 132 Å². The average Bonchev–Trinajstić information content (AvgIpc) is 3.15. The maximum absolute atomic E-state index is 12.0. The van der Waals surface area contributed by atoms with Gasteiger partial charge in [-0.2, -0.15) is 9.90 Å². The standard InChI is InChI=1S/C18H15ClN6O4/c19-14-7-3-2-6-13(14)18-22-24-25(23-18)10-16(26)21-20-9-12-5-1-4-8-15(12)29-11-17(27)28/h1-9H,10-11H2,(H,21,26)(H,27,28)/b20-9-. The fourth-order valence-corrected chi connectivity index (χ4v) is 2.48. The van der Waals surface area contributed by atoms with Crippen molar-refractivity contribution in [1.29, 1.82) is 0 Å². The Kier molecular flexibility index (Phi) is 6.48. The van der Waals surface area contributed by atoms with Gasteiger partial charge in [0, 0.05) is 11.1 Å². The van der Waals surface area contributed by atoms with Gasteiger partial charge >= 0.3 is 5.97 Å². The third kappa shape index (κ3) is 5.59. The summed E-state index contributed by atoms with van der Waals surface area (Å²) in [7, 11) is 0. The number of carbonyl (C=O) groups excluding carboxylic acids is 1. The Bertz CT molecular complexity index is 1050. The predicted molar refractivity (Wildman–Crippen MR) is 104 cm³/mol. The van der Waals surface area contributed by atoms with Gasteiger partial charge in [0.05, 0.1) is 11.2 Å². The number of hydrazone groups is 1. The number of halogens is 1. The van der Waals surface area contributed by atoms with E-state index < -0.39 is 18.5 Å². The second-order valence-electron chi connectivity index (χ2n) is 5.64. The van der Waals surface area contributed by atoms with Crippen molar-refractivity contribution in [3.8, 4) is 17.1 Å². The lowest BCUT2D eigenvalue weighted by Crippen LogP contribution is -2.24. The molecule has 11 heteroatoms. The Balaban J connectivity index is 1.58. The molecule has 1 amide bonds. The lowest BCUT2D eigenvalue weighted by Gasteiger charge is -2.06. The van der Waals surface area contributed by atoms with Gasteiger partial charge in [0.25, 0.3) is 5.91 Å². The number of hydrogen-bond donors (Lipinski definition) is 2. The van der Waals surface area contributed by atoms with Crippen molar-refractivity contribution in [3.63, 3.8) is 0 Å². The molecule has 1 heterocycles. The Hall–Kier alpha value is -3.79. The van der Waals surface area contributed by atoms with Gasteiger partial charge in [-0.15, -0.1) is 10.2 Å². The molecule has 3 aromatic rings. The summed E-state index contributed by atoms with van der Waals surface area (Å²) in [5.74, 6) is -0.943. The van der Waals surface area contributed by atoms with Crippen molar-refractivity contribution in [3.05, 3.63) is 59.1 Å². The number of benzene rings is 2. The number of aromatic nitrogens is 4. The monoisotopic (exact) mass is 414 g/mol. The van der Waals surface area contributed by atoms with Crippen LogP contribution < -0.4 is 10.2 Å². The number of hydrogen-bond acceptors (Lipinski definition) is 7. The van der Waals surface area contributed by atoms with E-state index in [9.17, 15) is 9.59 Å². The van der Waals surface area contributed by atoms with Gasteiger partial charge in [0.1, 0.15) is 12.3 Å². The second-order valence-corrected chi connectivity index (χ2v) is 6.04. The summed E-state index contributed by atoms with van der Waals surface area (Å²) in [4.78, 5) is 23.8. The first-order valence-corrected chi connectivity index (χ1v) is 8.69. The lowest BCUT2D eigenvalue weighted by molar-refractivity contribution is -0.139. The van der Waals surface area contributed by atoms with Gasteiger partial charge in [-0.05, 0) is 29.5 Å². The van der Waals surface area contributed by atoms with E-state index in [1.807, 2.05) is 0 Å². The number of carbonyl (C=O) groups is 2. The first-order valence-electron chi connectivity index (χ1n) is 8.31. The third-order valence-electron chi connectivity index (χ3n) is 3.52. The van der Waals surface area contributed by atoms with E-state index in [-0.39, 0.29) is 6.54 Å². The summed E-state index contributed by atoms with van der Waals surface area (Å²) in [5, 5.41) is 24.9. The molecule has 0 saturated carbocycles. The van der Waals surface area contributed by atoms with Gasteiger partial charge in [0.15, 0.2) is 6.61 Å². The molecule has 0 unspecified atom stereocenters. The van der Waals surface area contributed by atoms with E-state index in [2.05, 4.69) is 25.9 Å². The van der Waals surface area contributed by atoms with Crippen molar-refractivity contribution in [2.24, 2.45) is 5.10 Å². The summed E-state index contributed by atoms with van der Waals surface area (Å²) < 4.78 is 5.16. The van der Waals surface area contributed by atoms with E-state index in [4.69, 9.17) is 21.4 Å². The number of ether oxygens (including phenoxy) is 1. The maximum atomic E-state index is 12.0. The first-order chi connectivity index (χ1) is 14.0. The first kappa shape index (κ1) is 20.0. The number of rotatable bonds is 8. The molecule has 0 atom stereocenters. The van der Waals surface area contributed by atoms with Crippen LogP contribution in [0.1, 0.15) is 5.56 Å². The van der Waals surface area contributed by atoms with Crippen LogP contribution in [0.25, 0.3) is 11.4 Å². The van der Waals surface area contributed by atoms with Gasteiger partial charge < -0.3 is 9.84 Å². The van der Waals surface area contributed by atoms with Crippen LogP contribution in [0.2, 0.25) is 5.02 Å². The van der Waals surface area contributed by atoms with Crippen LogP contribution in [0, 0.1) is 0 Å². The number of amides is 1. The van der Waals surface area contributed by atoms with Crippen LogP contribution in [0.15, 0.2) is 53.6 Å². The predicted octanol–water partition coefficient (Wildman–Crippen LogP) is 1.61. The number of nitrogens with one attached hydrogen (secondary N) is 1. The molecule has 0 fully saturated rings. The normalized spacial score (nSPS) is 10.8. The van der Waals surface area contributed by atoms with Crippen LogP contribution in [-0.4, -0.2) is 50.0 Å². The number of carboxylic acids is 1. The fourth-order valence-electron chi connectivity index (χ4n) is 2.26. The van der Waals surface area contributed by atoms with Crippen molar-refractivity contribution < 1.29 is 19.4 Å². The van der Waals surface area contributed by atoms with Gasteiger partial charge in [-0.25, -0.2) is 10.2 Å². The van der Waals surface area contributed by atoms with Gasteiger partial charge in [-0.1, -0.05) is 35.9 Å². The van der Waals surface area contributed by atoms with E-state index in [1.165, 1.54) is 6.21 Å². The van der Waals surface area contributed by atoms with Gasteiger partial charge in [0.2, 0.25) is 5.82 Å². The molecule has 3 rings (SSSR count). The molecule has 29 heavy (non-hydrogen) atoms. The highest BCUT2D eigenvalue weighted by atomic mass is 35.5. The van der Waals surface area contributed by atoms with Crippen molar-refractivity contribution in [1.82, 2.24) is 25.6 Å². The quantitative estimate of drug-likeness (QED) is 0.422. The van der Waals surface area contributed by atoms with E-state index in [0.717, 1.165) is 4.80 Å². The molecule has 0 spiro atoms. The number of nitrogens with zero attached hydrogens (tertiary/aromatic N) is 5. The van der Waals surface area contributed by atoms with Crippen molar-refractivity contribution in [2.75, 3.05) is 6.61 Å². The molecule has 0 aliphatic heterocycles. The molecule has 0 saturated heterocycles. The lowest BCUT2D eigenvalue weighted by atomic mass is 10.2. The molecular weight excluding hydrogens is 400 g/mol. The summed E-state index contributed by atoms with van der Waals surface area (Å²) in [6, 6.07) is 13.7. The van der Waals surface area contributed by atoms with Crippen LogP contribution in [-0.2, 0) is 16.1 Å². The molecule has 0 aliphatic carbocycles. The molecule has 0 aliphatic rings. The Morgan fingerprint density at radius 2 is 1.97 bits per heavy atom. The molecule has 0 bridgehead atoms. The summed E-state index contributed by atoms with van der Waals surface area (Å²) >= 11 is 6.09. The van der Waals surface area contributed by atoms with Crippen molar-refractivity contribution >= 4 is 29.7 Å². The third-order valence-corrected chi connectivity index (χ3v) is 3.85. The molecule has 2 N–H and O–H groups in total. The molecule has 0 radical (unpaired) electrons. The minimum absolute atomic E-state index is 0.202. The maximum Gasteiger partial charge on any atom is 0.341 e. The summed E-state index contributed by atoms with van der Waals surface area (Å²) in [5.41, 5.74) is 3.45. The van der Waals surface area contributed by atoms with E-state index >= 15 is 0 Å². The zero-order chi connectivity index (χ0) is 20.6.